The molecule has 0 aromatic heterocycles. The zero-order valence-electron chi connectivity index (χ0n) is 14.9. The number of carbonyl (C=O) groups excluding carboxylic acids is 1. The van der Waals surface area contributed by atoms with Gasteiger partial charge in [0.25, 0.3) is 0 Å². The molecule has 0 spiro atoms. The number of sulfonamides is 1. The Kier molecular flexibility index (Phi) is 6.44. The maximum atomic E-state index is 12.8. The molecule has 0 fully saturated rings. The van der Waals surface area contributed by atoms with Gasteiger partial charge < -0.3 is 9.47 Å². The molecule has 0 saturated heterocycles. The highest BCUT2D eigenvalue weighted by atomic mass is 79.9. The second kappa shape index (κ2) is 8.20. The second-order valence-corrected chi connectivity index (χ2v) is 8.29. The van der Waals surface area contributed by atoms with Crippen molar-refractivity contribution < 1.29 is 22.7 Å². The van der Waals surface area contributed by atoms with Gasteiger partial charge in [-0.1, -0.05) is 17.7 Å². The van der Waals surface area contributed by atoms with Crippen LogP contribution in [0.2, 0.25) is 0 Å². The summed E-state index contributed by atoms with van der Waals surface area (Å²) in [5.74, 6) is -0.0285. The Balaban J connectivity index is 2.37. The van der Waals surface area contributed by atoms with Gasteiger partial charge in [0, 0.05) is 16.1 Å². The van der Waals surface area contributed by atoms with E-state index in [0.717, 1.165) is 11.1 Å². The van der Waals surface area contributed by atoms with E-state index in [1.807, 2.05) is 19.1 Å². The van der Waals surface area contributed by atoms with Gasteiger partial charge in [0.15, 0.2) is 0 Å². The summed E-state index contributed by atoms with van der Waals surface area (Å²) in [6.07, 6.45) is 0. The topological polar surface area (TPSA) is 81.7 Å². The first-order valence-corrected chi connectivity index (χ1v) is 10.0. The molecule has 26 heavy (non-hydrogen) atoms. The zero-order chi connectivity index (χ0) is 19.5. The lowest BCUT2D eigenvalue weighted by molar-refractivity contribution is 0.0599. The molecule has 2 aromatic carbocycles. The molecule has 1 unspecified atom stereocenters. The molecule has 8 heteroatoms. The zero-order valence-corrected chi connectivity index (χ0v) is 17.3. The van der Waals surface area contributed by atoms with E-state index in [1.165, 1.54) is 32.4 Å². The van der Waals surface area contributed by atoms with Crippen LogP contribution in [-0.4, -0.2) is 28.6 Å². The highest BCUT2D eigenvalue weighted by Crippen LogP contribution is 2.28. The predicted molar refractivity (Wildman–Crippen MR) is 102 cm³/mol. The standard InChI is InChI=1S/C18H20BrNO5S/c1-11-5-8-17(24-3)14(9-11)12(2)20-26(22,23)13-6-7-16(19)15(10-13)18(21)25-4/h5-10,12,20H,1-4H3. The van der Waals surface area contributed by atoms with Crippen molar-refractivity contribution in [1.29, 1.82) is 0 Å². The molecule has 0 aliphatic rings. The average Bonchev–Trinajstić information content (AvgIpc) is 2.60. The summed E-state index contributed by atoms with van der Waals surface area (Å²) < 4.78 is 38.6. The van der Waals surface area contributed by atoms with E-state index < -0.39 is 22.0 Å². The number of ether oxygens (including phenoxy) is 2. The van der Waals surface area contributed by atoms with Crippen LogP contribution in [0.5, 0.6) is 5.75 Å². The van der Waals surface area contributed by atoms with Crippen LogP contribution in [0.1, 0.15) is 34.5 Å². The van der Waals surface area contributed by atoms with Crippen molar-refractivity contribution >= 4 is 31.9 Å². The summed E-state index contributed by atoms with van der Waals surface area (Å²) in [6, 6.07) is 9.22. The molecule has 6 nitrogen and oxygen atoms in total. The van der Waals surface area contributed by atoms with E-state index in [2.05, 4.69) is 25.4 Å². The van der Waals surface area contributed by atoms with E-state index in [9.17, 15) is 13.2 Å². The Labute approximate surface area is 161 Å². The minimum Gasteiger partial charge on any atom is -0.496 e. The first-order valence-electron chi connectivity index (χ1n) is 7.74. The lowest BCUT2D eigenvalue weighted by Gasteiger charge is -2.18. The smallest absolute Gasteiger partial charge is 0.339 e. The number of halogens is 1. The summed E-state index contributed by atoms with van der Waals surface area (Å²) >= 11 is 3.22. The summed E-state index contributed by atoms with van der Waals surface area (Å²) in [6.45, 7) is 3.65. The SMILES string of the molecule is COC(=O)c1cc(S(=O)(=O)NC(C)c2cc(C)ccc2OC)ccc1Br. The van der Waals surface area contributed by atoms with Crippen LogP contribution in [0.15, 0.2) is 45.8 Å². The number of hydrogen-bond donors (Lipinski definition) is 1. The molecule has 0 amide bonds. The van der Waals surface area contributed by atoms with Crippen LogP contribution in [0, 0.1) is 6.92 Å². The summed E-state index contributed by atoms with van der Waals surface area (Å²) in [5, 5.41) is 0. The molecular formula is C18H20BrNO5S. The molecule has 2 rings (SSSR count). The molecule has 0 saturated carbocycles. The van der Waals surface area contributed by atoms with Gasteiger partial charge in [-0.05, 0) is 54.0 Å². The Bertz CT molecular complexity index is 927. The van der Waals surface area contributed by atoms with Crippen molar-refractivity contribution in [2.45, 2.75) is 24.8 Å². The fourth-order valence-corrected chi connectivity index (χ4v) is 4.15. The highest BCUT2D eigenvalue weighted by molar-refractivity contribution is 9.10. The lowest BCUT2D eigenvalue weighted by atomic mass is 10.1. The maximum absolute atomic E-state index is 12.8. The van der Waals surface area contributed by atoms with Crippen molar-refractivity contribution in [3.63, 3.8) is 0 Å². The lowest BCUT2D eigenvalue weighted by Crippen LogP contribution is -2.27. The van der Waals surface area contributed by atoms with Gasteiger partial charge in [-0.3, -0.25) is 0 Å². The first-order chi connectivity index (χ1) is 12.2. The Hall–Kier alpha value is -1.90. The fraction of sp³-hybridized carbons (Fsp3) is 0.278. The van der Waals surface area contributed by atoms with Crippen LogP contribution in [0.25, 0.3) is 0 Å². The number of aryl methyl sites for hydroxylation is 1. The van der Waals surface area contributed by atoms with E-state index in [0.29, 0.717) is 10.2 Å². The number of methoxy groups -OCH3 is 2. The van der Waals surface area contributed by atoms with E-state index >= 15 is 0 Å². The van der Waals surface area contributed by atoms with Crippen molar-refractivity contribution in [1.82, 2.24) is 4.72 Å². The summed E-state index contributed by atoms with van der Waals surface area (Å²) in [7, 11) is -1.09. The molecule has 0 aliphatic heterocycles. The molecule has 0 heterocycles. The van der Waals surface area contributed by atoms with Gasteiger partial charge in [0.05, 0.1) is 24.7 Å². The minimum absolute atomic E-state index is 0.0282. The number of rotatable bonds is 6. The van der Waals surface area contributed by atoms with Crippen molar-refractivity contribution in [3.05, 3.63) is 57.6 Å². The molecule has 1 atom stereocenters. The van der Waals surface area contributed by atoms with Gasteiger partial charge in [0.1, 0.15) is 5.75 Å². The number of nitrogens with one attached hydrogen (secondary N) is 1. The van der Waals surface area contributed by atoms with Crippen LogP contribution < -0.4 is 9.46 Å². The molecule has 0 radical (unpaired) electrons. The first kappa shape index (κ1) is 20.4. The van der Waals surface area contributed by atoms with E-state index in [-0.39, 0.29) is 10.5 Å². The van der Waals surface area contributed by atoms with Crippen molar-refractivity contribution in [2.75, 3.05) is 14.2 Å². The summed E-state index contributed by atoms with van der Waals surface area (Å²) in [5.41, 5.74) is 1.85. The summed E-state index contributed by atoms with van der Waals surface area (Å²) in [4.78, 5) is 11.8. The predicted octanol–water partition coefficient (Wildman–Crippen LogP) is 3.59. The van der Waals surface area contributed by atoms with Crippen LogP contribution >= 0.6 is 15.9 Å². The largest absolute Gasteiger partial charge is 0.496 e. The van der Waals surface area contributed by atoms with E-state index in [4.69, 9.17) is 4.74 Å². The van der Waals surface area contributed by atoms with Gasteiger partial charge in [0.2, 0.25) is 10.0 Å². The minimum atomic E-state index is -3.86. The molecule has 0 aliphatic carbocycles. The highest BCUT2D eigenvalue weighted by Gasteiger charge is 2.23. The number of carbonyl (C=O) groups is 1. The van der Waals surface area contributed by atoms with Gasteiger partial charge in [-0.25, -0.2) is 17.9 Å². The second-order valence-electron chi connectivity index (χ2n) is 5.72. The number of hydrogen-bond acceptors (Lipinski definition) is 5. The van der Waals surface area contributed by atoms with Crippen molar-refractivity contribution in [2.24, 2.45) is 0 Å². The maximum Gasteiger partial charge on any atom is 0.339 e. The van der Waals surface area contributed by atoms with Crippen molar-refractivity contribution in [3.8, 4) is 5.75 Å². The molecule has 0 bridgehead atoms. The van der Waals surface area contributed by atoms with E-state index in [1.54, 1.807) is 13.0 Å². The molecular weight excluding hydrogens is 422 g/mol. The third-order valence-electron chi connectivity index (χ3n) is 3.84. The molecule has 140 valence electrons. The van der Waals surface area contributed by atoms with Gasteiger partial charge in [-0.15, -0.1) is 0 Å². The molecule has 2 aromatic rings. The van der Waals surface area contributed by atoms with Crippen LogP contribution in [-0.2, 0) is 14.8 Å². The number of benzene rings is 2. The molecule has 1 N–H and O–H groups in total. The quantitative estimate of drug-likeness (QED) is 0.692. The van der Waals surface area contributed by atoms with Gasteiger partial charge >= 0.3 is 5.97 Å². The average molecular weight is 442 g/mol. The third-order valence-corrected chi connectivity index (χ3v) is 6.07. The number of esters is 1. The van der Waals surface area contributed by atoms with Crippen LogP contribution in [0.3, 0.4) is 0 Å². The van der Waals surface area contributed by atoms with Crippen LogP contribution in [0.4, 0.5) is 0 Å². The Morgan fingerprint density at radius 3 is 2.46 bits per heavy atom. The third kappa shape index (κ3) is 4.44. The Morgan fingerprint density at radius 1 is 1.15 bits per heavy atom. The van der Waals surface area contributed by atoms with Gasteiger partial charge in [-0.2, -0.15) is 0 Å². The monoisotopic (exact) mass is 441 g/mol. The Morgan fingerprint density at radius 2 is 1.85 bits per heavy atom. The fourth-order valence-electron chi connectivity index (χ4n) is 2.49. The normalized spacial score (nSPS) is 12.5.